The summed E-state index contributed by atoms with van der Waals surface area (Å²) in [6, 6.07) is 14.6. The maximum atomic E-state index is 13.5. The zero-order chi connectivity index (χ0) is 26.9. The Kier molecular flexibility index (Phi) is 7.45. The number of carbonyl (C=O) groups is 2. The van der Waals surface area contributed by atoms with Crippen LogP contribution < -0.4 is 19.1 Å². The molecule has 1 saturated heterocycles. The molecular weight excluding hydrogens is 494 g/mol. The van der Waals surface area contributed by atoms with E-state index in [4.69, 9.17) is 25.8 Å². The molecule has 1 fully saturated rings. The van der Waals surface area contributed by atoms with Gasteiger partial charge in [0.25, 0.3) is 11.7 Å². The lowest BCUT2D eigenvalue weighted by Crippen LogP contribution is -2.29. The molecule has 0 radical (unpaired) electrons. The van der Waals surface area contributed by atoms with Crippen molar-refractivity contribution >= 4 is 34.7 Å². The second kappa shape index (κ2) is 10.6. The second-order valence-electron chi connectivity index (χ2n) is 8.70. The number of anilines is 1. The summed E-state index contributed by atoms with van der Waals surface area (Å²) in [5.74, 6) is -0.700. The van der Waals surface area contributed by atoms with Crippen LogP contribution in [0.1, 0.15) is 35.2 Å². The van der Waals surface area contributed by atoms with E-state index in [0.717, 1.165) is 11.1 Å². The molecule has 192 valence electrons. The second-order valence-corrected chi connectivity index (χ2v) is 9.14. The van der Waals surface area contributed by atoms with Crippen LogP contribution >= 0.6 is 11.6 Å². The number of aliphatic hydroxyl groups excluding tert-OH is 1. The molecule has 4 rings (SSSR count). The van der Waals surface area contributed by atoms with Crippen molar-refractivity contribution in [3.8, 4) is 17.2 Å². The van der Waals surface area contributed by atoms with Gasteiger partial charge in [-0.2, -0.15) is 0 Å². The van der Waals surface area contributed by atoms with Crippen molar-refractivity contribution in [1.29, 1.82) is 0 Å². The number of methoxy groups -OCH3 is 2. The number of hydrogen-bond donors (Lipinski definition) is 1. The molecule has 0 bridgehead atoms. The van der Waals surface area contributed by atoms with Gasteiger partial charge in [-0.25, -0.2) is 0 Å². The summed E-state index contributed by atoms with van der Waals surface area (Å²) < 4.78 is 16.6. The Balaban J connectivity index is 2.03. The first-order chi connectivity index (χ1) is 17.7. The topological polar surface area (TPSA) is 85.3 Å². The van der Waals surface area contributed by atoms with Crippen molar-refractivity contribution in [2.75, 3.05) is 25.7 Å². The van der Waals surface area contributed by atoms with E-state index in [0.29, 0.717) is 40.1 Å². The Morgan fingerprint density at radius 3 is 2.19 bits per heavy atom. The van der Waals surface area contributed by atoms with Gasteiger partial charge in [0, 0.05) is 10.7 Å². The average molecular weight is 522 g/mol. The fourth-order valence-electron chi connectivity index (χ4n) is 4.65. The van der Waals surface area contributed by atoms with Crippen LogP contribution in [0.2, 0.25) is 5.02 Å². The third-order valence-electron chi connectivity index (χ3n) is 6.15. The third-order valence-corrected chi connectivity index (χ3v) is 6.38. The first-order valence-corrected chi connectivity index (χ1v) is 12.1. The Morgan fingerprint density at radius 1 is 0.919 bits per heavy atom. The van der Waals surface area contributed by atoms with Gasteiger partial charge in [-0.05, 0) is 79.9 Å². The summed E-state index contributed by atoms with van der Waals surface area (Å²) in [6.45, 7) is 6.06. The predicted octanol–water partition coefficient (Wildman–Crippen LogP) is 6.00. The van der Waals surface area contributed by atoms with Crippen molar-refractivity contribution in [2.24, 2.45) is 0 Å². The molecule has 0 spiro atoms. The molecule has 1 aliphatic heterocycles. The minimum absolute atomic E-state index is 0.0858. The van der Waals surface area contributed by atoms with Gasteiger partial charge in [0.05, 0.1) is 38.0 Å². The van der Waals surface area contributed by atoms with E-state index in [1.54, 1.807) is 30.3 Å². The number of nitrogens with zero attached hydrogens (tertiary/aromatic N) is 1. The monoisotopic (exact) mass is 521 g/mol. The van der Waals surface area contributed by atoms with Crippen LogP contribution in [0.5, 0.6) is 17.2 Å². The average Bonchev–Trinajstić information content (AvgIpc) is 3.13. The van der Waals surface area contributed by atoms with Crippen molar-refractivity contribution in [1.82, 2.24) is 0 Å². The van der Waals surface area contributed by atoms with Gasteiger partial charge in [-0.15, -0.1) is 0 Å². The molecule has 1 aliphatic rings. The van der Waals surface area contributed by atoms with Crippen LogP contribution in [-0.2, 0) is 9.59 Å². The van der Waals surface area contributed by atoms with E-state index < -0.39 is 17.7 Å². The van der Waals surface area contributed by atoms with Crippen LogP contribution in [0.15, 0.2) is 60.2 Å². The highest BCUT2D eigenvalue weighted by atomic mass is 35.5. The van der Waals surface area contributed by atoms with Gasteiger partial charge >= 0.3 is 0 Å². The number of ether oxygens (including phenoxy) is 3. The van der Waals surface area contributed by atoms with Crippen LogP contribution in [0.25, 0.3) is 5.76 Å². The number of carbonyl (C=O) groups excluding carboxylic acids is 2. The standard InChI is InChI=1S/C29H28ClNO6/c1-6-37-24-14-18(7-9-23(24)36-5)26-25(27(32)21-15-19(30)8-10-22(21)35-4)28(33)29(34)31(26)20-12-16(2)11-17(3)13-20/h7-15,26,32H,6H2,1-5H3/b27-25+. The highest BCUT2D eigenvalue weighted by Crippen LogP contribution is 2.45. The van der Waals surface area contributed by atoms with Crippen molar-refractivity contribution < 1.29 is 28.9 Å². The number of halogens is 1. The lowest BCUT2D eigenvalue weighted by atomic mass is 9.94. The number of amides is 1. The smallest absolute Gasteiger partial charge is 0.300 e. The van der Waals surface area contributed by atoms with E-state index >= 15 is 0 Å². The molecule has 1 unspecified atom stereocenters. The van der Waals surface area contributed by atoms with Crippen molar-refractivity contribution in [3.05, 3.63) is 87.4 Å². The maximum Gasteiger partial charge on any atom is 0.300 e. The summed E-state index contributed by atoms with van der Waals surface area (Å²) >= 11 is 6.21. The first kappa shape index (κ1) is 26.1. The molecule has 1 heterocycles. The molecule has 1 N–H and O–H groups in total. The van der Waals surface area contributed by atoms with E-state index in [1.165, 1.54) is 25.2 Å². The number of ketones is 1. The summed E-state index contributed by atoms with van der Waals surface area (Å²) in [6.07, 6.45) is 0. The fraction of sp³-hybridized carbons (Fsp3) is 0.241. The van der Waals surface area contributed by atoms with Gasteiger partial charge in [0.15, 0.2) is 11.5 Å². The van der Waals surface area contributed by atoms with Gasteiger partial charge in [-0.3, -0.25) is 14.5 Å². The minimum Gasteiger partial charge on any atom is -0.507 e. The molecule has 37 heavy (non-hydrogen) atoms. The van der Waals surface area contributed by atoms with Crippen LogP contribution in [0.4, 0.5) is 5.69 Å². The highest BCUT2D eigenvalue weighted by molar-refractivity contribution is 6.51. The van der Waals surface area contributed by atoms with Crippen LogP contribution in [0, 0.1) is 13.8 Å². The SMILES string of the molecule is CCOc1cc(C2/C(=C(\O)c3cc(Cl)ccc3OC)C(=O)C(=O)N2c2cc(C)cc(C)c2)ccc1OC. The van der Waals surface area contributed by atoms with E-state index in [1.807, 2.05) is 39.0 Å². The van der Waals surface area contributed by atoms with Crippen molar-refractivity contribution in [2.45, 2.75) is 26.8 Å². The molecule has 3 aromatic carbocycles. The maximum absolute atomic E-state index is 13.5. The predicted molar refractivity (Wildman–Crippen MR) is 143 cm³/mol. The number of hydrogen-bond acceptors (Lipinski definition) is 6. The van der Waals surface area contributed by atoms with Crippen LogP contribution in [-0.4, -0.2) is 37.6 Å². The molecule has 8 heteroatoms. The summed E-state index contributed by atoms with van der Waals surface area (Å²) in [4.78, 5) is 28.5. The van der Waals surface area contributed by atoms with E-state index in [-0.39, 0.29) is 16.9 Å². The Labute approximate surface area is 220 Å². The third kappa shape index (κ3) is 4.87. The largest absolute Gasteiger partial charge is 0.507 e. The van der Waals surface area contributed by atoms with Gasteiger partial charge in [0.1, 0.15) is 11.5 Å². The summed E-state index contributed by atoms with van der Waals surface area (Å²) in [5.41, 5.74) is 3.07. The highest BCUT2D eigenvalue weighted by Gasteiger charge is 2.47. The molecule has 7 nitrogen and oxygen atoms in total. The van der Waals surface area contributed by atoms with Gasteiger partial charge in [-0.1, -0.05) is 23.7 Å². The first-order valence-electron chi connectivity index (χ1n) is 11.7. The molecule has 3 aromatic rings. The van der Waals surface area contributed by atoms with Crippen LogP contribution in [0.3, 0.4) is 0 Å². The molecule has 1 amide bonds. The molecular formula is C29H28ClNO6. The summed E-state index contributed by atoms with van der Waals surface area (Å²) in [5, 5.41) is 11.8. The van der Waals surface area contributed by atoms with Gasteiger partial charge in [0.2, 0.25) is 0 Å². The summed E-state index contributed by atoms with van der Waals surface area (Å²) in [7, 11) is 2.98. The zero-order valence-corrected chi connectivity index (χ0v) is 22.1. The lowest BCUT2D eigenvalue weighted by Gasteiger charge is -2.27. The van der Waals surface area contributed by atoms with E-state index in [2.05, 4.69) is 0 Å². The Bertz CT molecular complexity index is 1390. The molecule has 0 saturated carbocycles. The van der Waals surface area contributed by atoms with Crippen molar-refractivity contribution in [3.63, 3.8) is 0 Å². The number of aliphatic hydroxyl groups is 1. The Hall–Kier alpha value is -3.97. The normalized spacial score (nSPS) is 16.7. The number of Topliss-reactive ketones (excluding diaryl/α,β-unsaturated/α-hetero) is 1. The van der Waals surface area contributed by atoms with E-state index in [9.17, 15) is 14.7 Å². The quantitative estimate of drug-likeness (QED) is 0.233. The molecule has 0 aromatic heterocycles. The molecule has 1 atom stereocenters. The zero-order valence-electron chi connectivity index (χ0n) is 21.3. The lowest BCUT2D eigenvalue weighted by molar-refractivity contribution is -0.132. The minimum atomic E-state index is -0.949. The fourth-order valence-corrected chi connectivity index (χ4v) is 4.82. The number of rotatable bonds is 7. The number of benzene rings is 3. The van der Waals surface area contributed by atoms with Gasteiger partial charge < -0.3 is 19.3 Å². The number of aryl methyl sites for hydroxylation is 2. The molecule has 0 aliphatic carbocycles. The Morgan fingerprint density at radius 2 is 1.57 bits per heavy atom.